The average Bonchev–Trinajstić information content (AvgIpc) is 3.18. The van der Waals surface area contributed by atoms with Crippen LogP contribution in [0.3, 0.4) is 0 Å². The standard InChI is InChI=1S/C14H20N2O3/c1-2-16(10-3-4-10)8-7-15-14(19)12-6-5-11(17)9-13(12)18/h5-6,9-10,17-18H,2-4,7-8H2,1H3,(H,15,19). The van der Waals surface area contributed by atoms with Gasteiger partial charge in [0.2, 0.25) is 0 Å². The number of phenolic OH excluding ortho intramolecular Hbond substituents is 2. The van der Waals surface area contributed by atoms with Gasteiger partial charge in [-0.1, -0.05) is 6.92 Å². The Kier molecular flexibility index (Phi) is 4.27. The molecular weight excluding hydrogens is 244 g/mol. The average molecular weight is 264 g/mol. The lowest BCUT2D eigenvalue weighted by molar-refractivity contribution is 0.0945. The van der Waals surface area contributed by atoms with Crippen LogP contribution in [0.15, 0.2) is 18.2 Å². The van der Waals surface area contributed by atoms with Gasteiger partial charge in [-0.25, -0.2) is 0 Å². The number of hydrogen-bond donors (Lipinski definition) is 3. The summed E-state index contributed by atoms with van der Waals surface area (Å²) in [6.45, 7) is 4.49. The van der Waals surface area contributed by atoms with Crippen LogP contribution >= 0.6 is 0 Å². The zero-order valence-corrected chi connectivity index (χ0v) is 11.1. The molecule has 5 nitrogen and oxygen atoms in total. The second-order valence-electron chi connectivity index (χ2n) is 4.82. The first-order valence-corrected chi connectivity index (χ1v) is 6.66. The van der Waals surface area contributed by atoms with E-state index in [1.807, 2.05) is 0 Å². The number of carbonyl (C=O) groups excluding carboxylic acids is 1. The summed E-state index contributed by atoms with van der Waals surface area (Å²) in [6, 6.07) is 4.65. The van der Waals surface area contributed by atoms with Crippen LogP contribution in [0.2, 0.25) is 0 Å². The van der Waals surface area contributed by atoms with Gasteiger partial charge in [0.25, 0.3) is 5.91 Å². The second-order valence-corrected chi connectivity index (χ2v) is 4.82. The Labute approximate surface area is 112 Å². The highest BCUT2D eigenvalue weighted by Gasteiger charge is 2.27. The van der Waals surface area contributed by atoms with Gasteiger partial charge in [0.1, 0.15) is 11.5 Å². The summed E-state index contributed by atoms with van der Waals surface area (Å²) in [5.41, 5.74) is 0.187. The summed E-state index contributed by atoms with van der Waals surface area (Å²) in [4.78, 5) is 14.2. The van der Waals surface area contributed by atoms with E-state index < -0.39 is 0 Å². The molecule has 0 aliphatic heterocycles. The highest BCUT2D eigenvalue weighted by Crippen LogP contribution is 2.26. The Morgan fingerprint density at radius 2 is 2.16 bits per heavy atom. The Balaban J connectivity index is 1.83. The van der Waals surface area contributed by atoms with Gasteiger partial charge in [-0.3, -0.25) is 9.69 Å². The normalized spacial score (nSPS) is 14.6. The topological polar surface area (TPSA) is 72.8 Å². The minimum Gasteiger partial charge on any atom is -0.508 e. The van der Waals surface area contributed by atoms with Crippen molar-refractivity contribution >= 4 is 5.91 Å². The van der Waals surface area contributed by atoms with Gasteiger partial charge in [-0.05, 0) is 31.5 Å². The monoisotopic (exact) mass is 264 g/mol. The minimum absolute atomic E-state index is 0.0556. The van der Waals surface area contributed by atoms with E-state index in [0.29, 0.717) is 12.6 Å². The Morgan fingerprint density at radius 3 is 2.74 bits per heavy atom. The maximum atomic E-state index is 11.9. The van der Waals surface area contributed by atoms with Crippen molar-refractivity contribution in [2.45, 2.75) is 25.8 Å². The fourth-order valence-electron chi connectivity index (χ4n) is 2.16. The van der Waals surface area contributed by atoms with Crippen molar-refractivity contribution in [2.75, 3.05) is 19.6 Å². The van der Waals surface area contributed by atoms with Gasteiger partial charge in [-0.15, -0.1) is 0 Å². The van der Waals surface area contributed by atoms with Crippen molar-refractivity contribution in [3.05, 3.63) is 23.8 Å². The summed E-state index contributed by atoms with van der Waals surface area (Å²) in [6.07, 6.45) is 2.50. The molecule has 0 radical (unpaired) electrons. The maximum absolute atomic E-state index is 11.9. The van der Waals surface area contributed by atoms with Crippen LogP contribution in [0.1, 0.15) is 30.1 Å². The molecule has 0 spiro atoms. The van der Waals surface area contributed by atoms with Gasteiger partial charge >= 0.3 is 0 Å². The zero-order chi connectivity index (χ0) is 13.8. The van der Waals surface area contributed by atoms with Crippen LogP contribution in [0.5, 0.6) is 11.5 Å². The van der Waals surface area contributed by atoms with E-state index in [0.717, 1.165) is 19.2 Å². The highest BCUT2D eigenvalue weighted by molar-refractivity contribution is 5.96. The van der Waals surface area contributed by atoms with Gasteiger partial charge in [0.05, 0.1) is 5.56 Å². The quantitative estimate of drug-likeness (QED) is 0.724. The molecule has 1 fully saturated rings. The molecule has 0 saturated heterocycles. The number of aromatic hydroxyl groups is 2. The van der Waals surface area contributed by atoms with E-state index in [4.69, 9.17) is 5.11 Å². The van der Waals surface area contributed by atoms with E-state index in [2.05, 4.69) is 17.1 Å². The SMILES string of the molecule is CCN(CCNC(=O)c1ccc(O)cc1O)C1CC1. The molecule has 0 aromatic heterocycles. The number of benzene rings is 1. The van der Waals surface area contributed by atoms with Crippen molar-refractivity contribution in [3.63, 3.8) is 0 Å². The van der Waals surface area contributed by atoms with E-state index in [-0.39, 0.29) is 23.0 Å². The molecule has 1 aromatic rings. The molecule has 1 aromatic carbocycles. The Morgan fingerprint density at radius 1 is 1.42 bits per heavy atom. The molecule has 1 saturated carbocycles. The summed E-state index contributed by atoms with van der Waals surface area (Å²) < 4.78 is 0. The van der Waals surface area contributed by atoms with Gasteiger partial charge < -0.3 is 15.5 Å². The van der Waals surface area contributed by atoms with Crippen LogP contribution in [0.25, 0.3) is 0 Å². The molecule has 0 heterocycles. The predicted molar refractivity (Wildman–Crippen MR) is 72.4 cm³/mol. The number of likely N-dealkylation sites (N-methyl/N-ethyl adjacent to an activating group) is 1. The number of rotatable bonds is 6. The zero-order valence-electron chi connectivity index (χ0n) is 11.1. The van der Waals surface area contributed by atoms with Crippen molar-refractivity contribution in [1.29, 1.82) is 0 Å². The summed E-state index contributed by atoms with van der Waals surface area (Å²) in [7, 11) is 0. The third-order valence-corrected chi connectivity index (χ3v) is 3.38. The first-order valence-electron chi connectivity index (χ1n) is 6.66. The van der Waals surface area contributed by atoms with E-state index in [1.165, 1.54) is 25.0 Å². The fraction of sp³-hybridized carbons (Fsp3) is 0.500. The van der Waals surface area contributed by atoms with Crippen LogP contribution in [-0.2, 0) is 0 Å². The number of amides is 1. The van der Waals surface area contributed by atoms with Crippen molar-refractivity contribution < 1.29 is 15.0 Å². The van der Waals surface area contributed by atoms with Crippen molar-refractivity contribution in [1.82, 2.24) is 10.2 Å². The van der Waals surface area contributed by atoms with Crippen LogP contribution < -0.4 is 5.32 Å². The van der Waals surface area contributed by atoms with Gasteiger partial charge in [-0.2, -0.15) is 0 Å². The first-order chi connectivity index (χ1) is 9.11. The molecule has 19 heavy (non-hydrogen) atoms. The second kappa shape index (κ2) is 5.93. The van der Waals surface area contributed by atoms with Crippen LogP contribution in [0, 0.1) is 0 Å². The van der Waals surface area contributed by atoms with Crippen molar-refractivity contribution in [2.24, 2.45) is 0 Å². The third kappa shape index (κ3) is 3.61. The molecule has 0 atom stereocenters. The number of carbonyl (C=O) groups is 1. The number of phenols is 2. The molecule has 1 amide bonds. The molecule has 0 bridgehead atoms. The fourth-order valence-corrected chi connectivity index (χ4v) is 2.16. The van der Waals surface area contributed by atoms with Gasteiger partial charge in [0, 0.05) is 25.2 Å². The molecule has 2 rings (SSSR count). The van der Waals surface area contributed by atoms with E-state index in [9.17, 15) is 9.90 Å². The van der Waals surface area contributed by atoms with E-state index >= 15 is 0 Å². The minimum atomic E-state index is -0.315. The first kappa shape index (κ1) is 13.7. The summed E-state index contributed by atoms with van der Waals surface area (Å²) in [5.74, 6) is -0.573. The van der Waals surface area contributed by atoms with Gasteiger partial charge in [0.15, 0.2) is 0 Å². The lowest BCUT2D eigenvalue weighted by Gasteiger charge is -2.19. The molecule has 1 aliphatic rings. The Bertz CT molecular complexity index is 458. The summed E-state index contributed by atoms with van der Waals surface area (Å²) >= 11 is 0. The highest BCUT2D eigenvalue weighted by atomic mass is 16.3. The molecular formula is C14H20N2O3. The maximum Gasteiger partial charge on any atom is 0.255 e. The smallest absolute Gasteiger partial charge is 0.255 e. The largest absolute Gasteiger partial charge is 0.508 e. The van der Waals surface area contributed by atoms with Crippen LogP contribution in [-0.4, -0.2) is 46.7 Å². The number of nitrogens with zero attached hydrogens (tertiary/aromatic N) is 1. The van der Waals surface area contributed by atoms with Crippen LogP contribution in [0.4, 0.5) is 0 Å². The third-order valence-electron chi connectivity index (χ3n) is 3.38. The predicted octanol–water partition coefficient (Wildman–Crippen LogP) is 1.31. The number of hydrogen-bond acceptors (Lipinski definition) is 4. The molecule has 104 valence electrons. The molecule has 3 N–H and O–H groups in total. The van der Waals surface area contributed by atoms with E-state index in [1.54, 1.807) is 0 Å². The lowest BCUT2D eigenvalue weighted by Crippen LogP contribution is -2.36. The summed E-state index contributed by atoms with van der Waals surface area (Å²) in [5, 5.41) is 21.5. The molecule has 0 unspecified atom stereocenters. The Hall–Kier alpha value is -1.75. The number of nitrogens with one attached hydrogen (secondary N) is 1. The lowest BCUT2D eigenvalue weighted by atomic mass is 10.2. The molecule has 5 heteroatoms. The van der Waals surface area contributed by atoms with Crippen molar-refractivity contribution in [3.8, 4) is 11.5 Å². The molecule has 1 aliphatic carbocycles.